The number of hydrogen-bond donors (Lipinski definition) is 0. The minimum absolute atomic E-state index is 0.751. The van der Waals surface area contributed by atoms with Gasteiger partial charge >= 0.3 is 0 Å². The summed E-state index contributed by atoms with van der Waals surface area (Å²) in [5.74, 6) is 2.32. The summed E-state index contributed by atoms with van der Waals surface area (Å²) in [6.07, 6.45) is 1.62. The molecule has 0 aliphatic rings. The zero-order valence-corrected chi connectivity index (χ0v) is 14.2. The van der Waals surface area contributed by atoms with E-state index in [0.717, 1.165) is 33.2 Å². The largest absolute Gasteiger partial charge is 0.493 e. The Morgan fingerprint density at radius 2 is 1.74 bits per heavy atom. The lowest BCUT2D eigenvalue weighted by Gasteiger charge is -2.12. The molecule has 0 amide bonds. The van der Waals surface area contributed by atoms with Gasteiger partial charge in [0.15, 0.2) is 11.5 Å². The predicted octanol–water partition coefficient (Wildman–Crippen LogP) is 4.25. The fourth-order valence-electron chi connectivity index (χ4n) is 2.42. The molecule has 3 rings (SSSR count). The lowest BCUT2D eigenvalue weighted by atomic mass is 10.1. The summed E-state index contributed by atoms with van der Waals surface area (Å²) < 4.78 is 10.7. The first kappa shape index (κ1) is 15.6. The van der Waals surface area contributed by atoms with E-state index in [2.05, 4.69) is 23.0 Å². The molecule has 0 N–H and O–H groups in total. The molecule has 0 aliphatic heterocycles. The molecule has 2 aromatic carbocycles. The van der Waals surface area contributed by atoms with Gasteiger partial charge in [0.2, 0.25) is 0 Å². The van der Waals surface area contributed by atoms with Gasteiger partial charge in [-0.15, -0.1) is 11.8 Å². The first-order valence-corrected chi connectivity index (χ1v) is 8.25. The number of rotatable bonds is 5. The van der Waals surface area contributed by atoms with Crippen molar-refractivity contribution in [1.82, 2.24) is 9.97 Å². The Morgan fingerprint density at radius 1 is 1.00 bits per heavy atom. The van der Waals surface area contributed by atoms with Crippen molar-refractivity contribution >= 4 is 22.7 Å². The predicted molar refractivity (Wildman–Crippen MR) is 93.4 cm³/mol. The van der Waals surface area contributed by atoms with Crippen molar-refractivity contribution in [2.45, 2.75) is 17.7 Å². The van der Waals surface area contributed by atoms with Crippen molar-refractivity contribution in [3.8, 4) is 11.5 Å². The standard InChI is InChI=1S/C18H18N2O2S/c1-12-8-16(21-2)17(22-3)9-13(12)10-23-18-14-6-4-5-7-15(14)19-11-20-18/h4-9,11H,10H2,1-3H3. The first-order valence-electron chi connectivity index (χ1n) is 7.27. The van der Waals surface area contributed by atoms with Crippen LogP contribution in [0, 0.1) is 6.92 Å². The number of hydrogen-bond acceptors (Lipinski definition) is 5. The molecule has 0 spiro atoms. The number of ether oxygens (including phenoxy) is 2. The molecular weight excluding hydrogens is 308 g/mol. The van der Waals surface area contributed by atoms with E-state index in [4.69, 9.17) is 9.47 Å². The molecule has 5 heteroatoms. The third-order valence-electron chi connectivity index (χ3n) is 3.71. The van der Waals surface area contributed by atoms with E-state index in [-0.39, 0.29) is 0 Å². The Kier molecular flexibility index (Phi) is 4.67. The lowest BCUT2D eigenvalue weighted by Crippen LogP contribution is -1.95. The van der Waals surface area contributed by atoms with Gasteiger partial charge in [-0.2, -0.15) is 0 Å². The number of aryl methyl sites for hydroxylation is 1. The molecule has 4 nitrogen and oxygen atoms in total. The highest BCUT2D eigenvalue weighted by Crippen LogP contribution is 2.34. The van der Waals surface area contributed by atoms with Crippen LogP contribution in [0.4, 0.5) is 0 Å². The van der Waals surface area contributed by atoms with E-state index in [9.17, 15) is 0 Å². The van der Waals surface area contributed by atoms with E-state index >= 15 is 0 Å². The van der Waals surface area contributed by atoms with Crippen LogP contribution in [0.2, 0.25) is 0 Å². The molecule has 1 heterocycles. The van der Waals surface area contributed by atoms with E-state index in [0.29, 0.717) is 0 Å². The molecule has 0 aliphatic carbocycles. The summed E-state index contributed by atoms with van der Waals surface area (Å²) in [6.45, 7) is 2.08. The molecule has 118 valence electrons. The molecule has 0 atom stereocenters. The number of fused-ring (bicyclic) bond motifs is 1. The van der Waals surface area contributed by atoms with Gasteiger partial charge in [-0.3, -0.25) is 0 Å². The number of methoxy groups -OCH3 is 2. The normalized spacial score (nSPS) is 10.7. The van der Waals surface area contributed by atoms with Crippen LogP contribution >= 0.6 is 11.8 Å². The number of benzene rings is 2. The van der Waals surface area contributed by atoms with Crippen LogP contribution < -0.4 is 9.47 Å². The molecule has 0 unspecified atom stereocenters. The van der Waals surface area contributed by atoms with Gasteiger partial charge in [-0.1, -0.05) is 18.2 Å². The van der Waals surface area contributed by atoms with Gasteiger partial charge in [0.05, 0.1) is 19.7 Å². The van der Waals surface area contributed by atoms with Crippen LogP contribution in [0.3, 0.4) is 0 Å². The van der Waals surface area contributed by atoms with Crippen molar-refractivity contribution in [1.29, 1.82) is 0 Å². The highest BCUT2D eigenvalue weighted by molar-refractivity contribution is 7.98. The van der Waals surface area contributed by atoms with E-state index in [1.807, 2.05) is 30.3 Å². The van der Waals surface area contributed by atoms with Crippen LogP contribution in [0.25, 0.3) is 10.9 Å². The maximum atomic E-state index is 5.39. The summed E-state index contributed by atoms with van der Waals surface area (Å²) >= 11 is 1.70. The third-order valence-corrected chi connectivity index (χ3v) is 4.77. The second-order valence-electron chi connectivity index (χ2n) is 5.12. The van der Waals surface area contributed by atoms with E-state index in [1.165, 1.54) is 11.1 Å². The molecule has 0 fully saturated rings. The summed E-state index contributed by atoms with van der Waals surface area (Å²) in [5, 5.41) is 2.07. The molecule has 0 bridgehead atoms. The number of thioether (sulfide) groups is 1. The Hall–Kier alpha value is -2.27. The quantitative estimate of drug-likeness (QED) is 0.518. The van der Waals surface area contributed by atoms with Gasteiger partial charge in [0.1, 0.15) is 11.4 Å². The smallest absolute Gasteiger partial charge is 0.161 e. The summed E-state index contributed by atoms with van der Waals surface area (Å²) in [7, 11) is 3.31. The number of nitrogens with zero attached hydrogens (tertiary/aromatic N) is 2. The molecule has 0 radical (unpaired) electrons. The summed E-state index contributed by atoms with van der Waals surface area (Å²) in [5.41, 5.74) is 3.35. The van der Waals surface area contributed by atoms with Crippen molar-refractivity contribution in [3.05, 3.63) is 53.9 Å². The van der Waals surface area contributed by atoms with Crippen molar-refractivity contribution in [2.75, 3.05) is 14.2 Å². The topological polar surface area (TPSA) is 44.2 Å². The molecule has 23 heavy (non-hydrogen) atoms. The monoisotopic (exact) mass is 326 g/mol. The molecule has 0 saturated heterocycles. The van der Waals surface area contributed by atoms with Crippen LogP contribution in [0.5, 0.6) is 11.5 Å². The summed E-state index contributed by atoms with van der Waals surface area (Å²) in [6, 6.07) is 12.1. The highest BCUT2D eigenvalue weighted by Gasteiger charge is 2.10. The lowest BCUT2D eigenvalue weighted by molar-refractivity contribution is 0.354. The highest BCUT2D eigenvalue weighted by atomic mass is 32.2. The molecule has 3 aromatic rings. The zero-order valence-electron chi connectivity index (χ0n) is 13.4. The van der Waals surface area contributed by atoms with Crippen molar-refractivity contribution in [2.24, 2.45) is 0 Å². The van der Waals surface area contributed by atoms with Gasteiger partial charge in [0, 0.05) is 11.1 Å². The summed E-state index contributed by atoms with van der Waals surface area (Å²) in [4.78, 5) is 8.73. The van der Waals surface area contributed by atoms with Crippen molar-refractivity contribution < 1.29 is 9.47 Å². The second-order valence-corrected chi connectivity index (χ2v) is 6.08. The average molecular weight is 326 g/mol. The minimum Gasteiger partial charge on any atom is -0.493 e. The Balaban J connectivity index is 1.88. The molecular formula is C18H18N2O2S. The maximum Gasteiger partial charge on any atom is 0.161 e. The van der Waals surface area contributed by atoms with Crippen LogP contribution in [0.1, 0.15) is 11.1 Å². The Labute approximate surface area is 139 Å². The van der Waals surface area contributed by atoms with Crippen LogP contribution in [0.15, 0.2) is 47.8 Å². The van der Waals surface area contributed by atoms with Crippen LogP contribution in [-0.4, -0.2) is 24.2 Å². The van der Waals surface area contributed by atoms with Gasteiger partial charge in [0.25, 0.3) is 0 Å². The SMILES string of the molecule is COc1cc(C)c(CSc2ncnc3ccccc23)cc1OC. The number of aromatic nitrogens is 2. The molecule has 0 saturated carbocycles. The fourth-order valence-corrected chi connectivity index (χ4v) is 3.47. The maximum absolute atomic E-state index is 5.39. The minimum atomic E-state index is 0.751. The third kappa shape index (κ3) is 3.24. The van der Waals surface area contributed by atoms with Crippen LogP contribution in [-0.2, 0) is 5.75 Å². The molecule has 1 aromatic heterocycles. The first-order chi connectivity index (χ1) is 11.2. The van der Waals surface area contributed by atoms with Crippen molar-refractivity contribution in [3.63, 3.8) is 0 Å². The van der Waals surface area contributed by atoms with E-state index in [1.54, 1.807) is 32.3 Å². The van der Waals surface area contributed by atoms with Gasteiger partial charge in [-0.25, -0.2) is 9.97 Å². The second kappa shape index (κ2) is 6.87. The van der Waals surface area contributed by atoms with Gasteiger partial charge < -0.3 is 9.47 Å². The Morgan fingerprint density at radius 3 is 2.52 bits per heavy atom. The fraction of sp³-hybridized carbons (Fsp3) is 0.222. The average Bonchev–Trinajstić information content (AvgIpc) is 2.60. The van der Waals surface area contributed by atoms with E-state index < -0.39 is 0 Å². The zero-order chi connectivity index (χ0) is 16.2. The Bertz CT molecular complexity index is 831. The van der Waals surface area contributed by atoms with Gasteiger partial charge in [-0.05, 0) is 36.2 Å². The number of para-hydroxylation sites is 1.